The molecule has 3 aromatic rings. The number of carbonyl (C=O) groups excluding carboxylic acids is 1. The van der Waals surface area contributed by atoms with Crippen LogP contribution in [0.4, 0.5) is 10.2 Å². The van der Waals surface area contributed by atoms with Gasteiger partial charge in [-0.3, -0.25) is 4.79 Å². The van der Waals surface area contributed by atoms with Crippen LogP contribution in [0.2, 0.25) is 0 Å². The third kappa shape index (κ3) is 3.79. The lowest BCUT2D eigenvalue weighted by molar-refractivity contribution is 0.0941. The summed E-state index contributed by atoms with van der Waals surface area (Å²) < 4.78 is 23.7. The fourth-order valence-corrected chi connectivity index (χ4v) is 2.20. The van der Waals surface area contributed by atoms with E-state index in [2.05, 4.69) is 35.8 Å². The Morgan fingerprint density at radius 1 is 1.37 bits per heavy atom. The van der Waals surface area contributed by atoms with Crippen LogP contribution < -0.4 is 11.2 Å². The summed E-state index contributed by atoms with van der Waals surface area (Å²) in [5, 5.41) is 18.8. The molecular formula is C15H15FN8O3. The van der Waals surface area contributed by atoms with Crippen molar-refractivity contribution >= 4 is 17.4 Å². The number of ether oxygens (including phenoxy) is 1. The fraction of sp³-hybridized carbons (Fsp3) is 0.200. The molecule has 1 amide bonds. The monoisotopic (exact) mass is 374 g/mol. The molecule has 0 atom stereocenters. The van der Waals surface area contributed by atoms with Gasteiger partial charge < -0.3 is 10.5 Å². The van der Waals surface area contributed by atoms with E-state index in [9.17, 15) is 9.18 Å². The Morgan fingerprint density at radius 3 is 2.74 bits per heavy atom. The molecule has 0 aliphatic carbocycles. The van der Waals surface area contributed by atoms with Crippen LogP contribution in [0.1, 0.15) is 28.7 Å². The fourth-order valence-electron chi connectivity index (χ4n) is 2.20. The number of anilines is 1. The lowest BCUT2D eigenvalue weighted by Gasteiger charge is -2.05. The molecule has 27 heavy (non-hydrogen) atoms. The molecule has 11 nitrogen and oxygen atoms in total. The second kappa shape index (κ2) is 7.70. The number of methoxy groups -OCH3 is 1. The lowest BCUT2D eigenvalue weighted by atomic mass is 10.1. The topological polar surface area (TPSA) is 146 Å². The van der Waals surface area contributed by atoms with E-state index in [-0.39, 0.29) is 35.4 Å². The zero-order chi connectivity index (χ0) is 19.4. The van der Waals surface area contributed by atoms with Crippen LogP contribution >= 0.6 is 0 Å². The van der Waals surface area contributed by atoms with E-state index >= 15 is 0 Å². The number of nitrogens with two attached hydrogens (primary N) is 1. The average Bonchev–Trinajstić information content (AvgIpc) is 3.26. The smallest absolute Gasteiger partial charge is 0.292 e. The molecule has 0 bridgehead atoms. The molecular weight excluding hydrogens is 359 g/mol. The maximum absolute atomic E-state index is 13.0. The molecule has 3 rings (SSSR count). The van der Waals surface area contributed by atoms with Gasteiger partial charge in [-0.25, -0.2) is 14.4 Å². The summed E-state index contributed by atoms with van der Waals surface area (Å²) in [4.78, 5) is 12.7. The van der Waals surface area contributed by atoms with E-state index in [1.807, 2.05) is 0 Å². The Bertz CT molecular complexity index is 979. The number of amides is 1. The van der Waals surface area contributed by atoms with Gasteiger partial charge in [0.25, 0.3) is 5.91 Å². The largest absolute Gasteiger partial charge is 0.378 e. The molecule has 12 heteroatoms. The van der Waals surface area contributed by atoms with Crippen LogP contribution in [0.15, 0.2) is 34.0 Å². The molecule has 0 aliphatic heterocycles. The van der Waals surface area contributed by atoms with E-state index in [1.165, 1.54) is 19.2 Å². The number of nitrogens with zero attached hydrogens (tertiary/aromatic N) is 6. The number of carbonyl (C=O) groups is 1. The third-order valence-corrected chi connectivity index (χ3v) is 3.52. The highest BCUT2D eigenvalue weighted by atomic mass is 19.1. The number of aromatic nitrogens is 5. The van der Waals surface area contributed by atoms with Gasteiger partial charge in [-0.15, -0.1) is 5.10 Å². The molecule has 0 saturated carbocycles. The second-order valence-corrected chi connectivity index (χ2v) is 5.35. The van der Waals surface area contributed by atoms with Crippen LogP contribution in [0.25, 0.3) is 5.82 Å². The number of hydrogen-bond acceptors (Lipinski definition) is 9. The third-order valence-electron chi connectivity index (χ3n) is 3.52. The standard InChI is InChI=1S/C15H15FN8O3/c1-8(9-3-5-10(16)6-4-9)18-20-15(25)12-11(7-26-2)19-23-24(12)14-13(17)21-27-22-14/h3-6H,7H2,1-2H3,(H2,17,21)(H,20,25)/b18-8+. The van der Waals surface area contributed by atoms with E-state index in [1.54, 1.807) is 19.1 Å². The highest BCUT2D eigenvalue weighted by Crippen LogP contribution is 2.16. The minimum Gasteiger partial charge on any atom is -0.378 e. The predicted octanol–water partition coefficient (Wildman–Crippen LogP) is 0.672. The number of rotatable bonds is 6. The molecule has 0 aliphatic rings. The van der Waals surface area contributed by atoms with E-state index in [4.69, 9.17) is 10.5 Å². The zero-order valence-electron chi connectivity index (χ0n) is 14.4. The summed E-state index contributed by atoms with van der Waals surface area (Å²) >= 11 is 0. The van der Waals surface area contributed by atoms with Crippen molar-refractivity contribution in [1.29, 1.82) is 0 Å². The normalized spacial score (nSPS) is 11.6. The number of hydrazone groups is 1. The molecule has 0 unspecified atom stereocenters. The first kappa shape index (κ1) is 18.1. The summed E-state index contributed by atoms with van der Waals surface area (Å²) in [6, 6.07) is 5.69. The van der Waals surface area contributed by atoms with Crippen molar-refractivity contribution in [2.24, 2.45) is 5.10 Å². The van der Waals surface area contributed by atoms with Crippen LogP contribution in [0.5, 0.6) is 0 Å². The Kier molecular flexibility index (Phi) is 5.17. The maximum atomic E-state index is 13.0. The van der Waals surface area contributed by atoms with Gasteiger partial charge in [0.1, 0.15) is 11.5 Å². The van der Waals surface area contributed by atoms with Crippen LogP contribution in [-0.2, 0) is 11.3 Å². The van der Waals surface area contributed by atoms with Crippen molar-refractivity contribution in [3.63, 3.8) is 0 Å². The molecule has 0 spiro atoms. The van der Waals surface area contributed by atoms with Crippen molar-refractivity contribution < 1.29 is 18.6 Å². The number of benzene rings is 1. The van der Waals surface area contributed by atoms with Crippen LogP contribution in [-0.4, -0.2) is 44.0 Å². The van der Waals surface area contributed by atoms with Gasteiger partial charge in [0, 0.05) is 7.11 Å². The van der Waals surface area contributed by atoms with Gasteiger partial charge in [-0.1, -0.05) is 17.3 Å². The minimum atomic E-state index is -0.629. The molecule has 3 N–H and O–H groups in total. The van der Waals surface area contributed by atoms with Crippen LogP contribution in [0, 0.1) is 5.82 Å². The number of halogens is 1. The van der Waals surface area contributed by atoms with E-state index < -0.39 is 5.91 Å². The van der Waals surface area contributed by atoms with Crippen LogP contribution in [0.3, 0.4) is 0 Å². The molecule has 140 valence electrons. The Balaban J connectivity index is 1.89. The molecule has 0 saturated heterocycles. The summed E-state index contributed by atoms with van der Waals surface area (Å²) in [7, 11) is 1.45. The molecule has 2 heterocycles. The van der Waals surface area contributed by atoms with Gasteiger partial charge in [-0.05, 0) is 34.9 Å². The number of nitrogen functional groups attached to an aromatic ring is 1. The van der Waals surface area contributed by atoms with Gasteiger partial charge in [0.2, 0.25) is 11.6 Å². The van der Waals surface area contributed by atoms with Crippen molar-refractivity contribution in [3.05, 3.63) is 47.0 Å². The lowest BCUT2D eigenvalue weighted by Crippen LogP contribution is -2.24. The van der Waals surface area contributed by atoms with Crippen molar-refractivity contribution in [2.75, 3.05) is 12.8 Å². The highest BCUT2D eigenvalue weighted by molar-refractivity contribution is 6.00. The predicted molar refractivity (Wildman–Crippen MR) is 90.4 cm³/mol. The Morgan fingerprint density at radius 2 is 2.11 bits per heavy atom. The van der Waals surface area contributed by atoms with Crippen molar-refractivity contribution in [2.45, 2.75) is 13.5 Å². The first-order valence-electron chi connectivity index (χ1n) is 7.63. The highest BCUT2D eigenvalue weighted by Gasteiger charge is 2.25. The molecule has 1 aromatic carbocycles. The number of nitrogens with one attached hydrogen (secondary N) is 1. The first-order valence-corrected chi connectivity index (χ1v) is 7.63. The number of hydrogen-bond donors (Lipinski definition) is 2. The summed E-state index contributed by atoms with van der Waals surface area (Å²) in [6.07, 6.45) is 0. The Hall–Kier alpha value is -3.67. The molecule has 2 aromatic heterocycles. The molecule has 0 radical (unpaired) electrons. The second-order valence-electron chi connectivity index (χ2n) is 5.35. The quantitative estimate of drug-likeness (QED) is 0.473. The van der Waals surface area contributed by atoms with Gasteiger partial charge in [-0.2, -0.15) is 9.78 Å². The summed E-state index contributed by atoms with van der Waals surface area (Å²) in [5.41, 5.74) is 9.42. The molecule has 0 fully saturated rings. The first-order chi connectivity index (χ1) is 13.0. The summed E-state index contributed by atoms with van der Waals surface area (Å²) in [6.45, 7) is 1.69. The van der Waals surface area contributed by atoms with Crippen molar-refractivity contribution in [1.82, 2.24) is 30.7 Å². The maximum Gasteiger partial charge on any atom is 0.292 e. The summed E-state index contributed by atoms with van der Waals surface area (Å²) in [5.74, 6) is -1.05. The SMILES string of the molecule is COCc1nnn(-c2nonc2N)c1C(=O)N/N=C(\C)c1ccc(F)cc1. The Labute approximate surface area is 151 Å². The zero-order valence-corrected chi connectivity index (χ0v) is 14.4. The van der Waals surface area contributed by atoms with Crippen molar-refractivity contribution in [3.8, 4) is 5.82 Å². The minimum absolute atomic E-state index is 0.00855. The van der Waals surface area contributed by atoms with Gasteiger partial charge in [0.05, 0.1) is 12.3 Å². The van der Waals surface area contributed by atoms with Gasteiger partial charge in [0.15, 0.2) is 5.69 Å². The van der Waals surface area contributed by atoms with E-state index in [0.29, 0.717) is 11.3 Å². The van der Waals surface area contributed by atoms with E-state index in [0.717, 1.165) is 4.68 Å². The van der Waals surface area contributed by atoms with Gasteiger partial charge >= 0.3 is 0 Å². The average molecular weight is 374 g/mol.